The van der Waals surface area contributed by atoms with Crippen molar-refractivity contribution in [2.45, 2.75) is 39.5 Å². The van der Waals surface area contributed by atoms with E-state index in [4.69, 9.17) is 34.2 Å². The van der Waals surface area contributed by atoms with E-state index in [1.807, 2.05) is 6.92 Å². The van der Waals surface area contributed by atoms with E-state index >= 15 is 0 Å². The Kier molecular flexibility index (Phi) is 21.9. The largest absolute Gasteiger partial charge is 0.463 e. The van der Waals surface area contributed by atoms with Crippen molar-refractivity contribution in [1.29, 1.82) is 0 Å². The van der Waals surface area contributed by atoms with Gasteiger partial charge in [-0.15, -0.1) is 0 Å². The number of hydrogen-bond donors (Lipinski definition) is 1. The highest BCUT2D eigenvalue weighted by molar-refractivity contribution is 5.72. The van der Waals surface area contributed by atoms with Crippen LogP contribution in [0, 0.1) is 5.92 Å². The summed E-state index contributed by atoms with van der Waals surface area (Å²) in [6.45, 7) is 10.1. The lowest BCUT2D eigenvalue weighted by atomic mass is 10.00. The topological polar surface area (TPSA) is 98.5 Å². The maximum atomic E-state index is 11.9. The molecule has 0 aromatic rings. The second-order valence-corrected chi connectivity index (χ2v) is 6.27. The van der Waals surface area contributed by atoms with Crippen molar-refractivity contribution in [1.82, 2.24) is 0 Å². The zero-order chi connectivity index (χ0) is 20.7. The summed E-state index contributed by atoms with van der Waals surface area (Å²) in [5.74, 6) is -0.0989. The minimum Gasteiger partial charge on any atom is -0.463 e. The third-order valence-corrected chi connectivity index (χ3v) is 3.95. The maximum Gasteiger partial charge on any atom is 0.308 e. The highest BCUT2D eigenvalue weighted by Crippen LogP contribution is 2.14. The Morgan fingerprint density at radius 1 is 0.714 bits per heavy atom. The molecule has 0 aromatic carbocycles. The van der Waals surface area contributed by atoms with Gasteiger partial charge in [0.1, 0.15) is 6.61 Å². The van der Waals surface area contributed by atoms with E-state index in [0.717, 1.165) is 25.7 Å². The van der Waals surface area contributed by atoms with Crippen molar-refractivity contribution in [3.05, 3.63) is 0 Å². The summed E-state index contributed by atoms with van der Waals surface area (Å²) in [7, 11) is 0. The second-order valence-electron chi connectivity index (χ2n) is 6.27. The van der Waals surface area contributed by atoms with Crippen molar-refractivity contribution < 1.29 is 33.2 Å². The molecule has 0 saturated heterocycles. The Labute approximate surface area is 170 Å². The highest BCUT2D eigenvalue weighted by atomic mass is 16.6. The van der Waals surface area contributed by atoms with E-state index in [-0.39, 0.29) is 11.9 Å². The first-order valence-electron chi connectivity index (χ1n) is 10.5. The molecule has 0 aliphatic carbocycles. The molecule has 0 heterocycles. The van der Waals surface area contributed by atoms with E-state index in [2.05, 4.69) is 6.92 Å². The van der Waals surface area contributed by atoms with Gasteiger partial charge in [0, 0.05) is 6.54 Å². The smallest absolute Gasteiger partial charge is 0.308 e. The molecule has 0 aromatic heterocycles. The number of unbranched alkanes of at least 4 members (excludes halogenated alkanes) is 1. The van der Waals surface area contributed by atoms with Crippen LogP contribution < -0.4 is 5.73 Å². The van der Waals surface area contributed by atoms with Crippen molar-refractivity contribution in [3.63, 3.8) is 0 Å². The summed E-state index contributed by atoms with van der Waals surface area (Å²) in [5, 5.41) is 0. The number of ether oxygens (including phenoxy) is 6. The van der Waals surface area contributed by atoms with E-state index in [0.29, 0.717) is 79.2 Å². The molecule has 168 valence electrons. The third kappa shape index (κ3) is 18.6. The lowest BCUT2D eigenvalue weighted by Gasteiger charge is -2.13. The van der Waals surface area contributed by atoms with Gasteiger partial charge < -0.3 is 34.2 Å². The molecule has 0 radical (unpaired) electrons. The average Bonchev–Trinajstić information content (AvgIpc) is 2.70. The first kappa shape index (κ1) is 27.2. The summed E-state index contributed by atoms with van der Waals surface area (Å²) in [6.07, 6.45) is 3.88. The van der Waals surface area contributed by atoms with Crippen LogP contribution in [0.5, 0.6) is 0 Å². The fourth-order valence-corrected chi connectivity index (χ4v) is 2.32. The van der Waals surface area contributed by atoms with E-state index in [9.17, 15) is 4.79 Å². The number of esters is 1. The van der Waals surface area contributed by atoms with Crippen LogP contribution in [0.4, 0.5) is 0 Å². The van der Waals surface area contributed by atoms with Crippen molar-refractivity contribution in [2.75, 3.05) is 79.2 Å². The molecule has 0 aliphatic heterocycles. The number of nitrogens with two attached hydrogens (primary N) is 1. The molecule has 0 fully saturated rings. The van der Waals surface area contributed by atoms with Gasteiger partial charge in [-0.1, -0.05) is 26.7 Å². The fourth-order valence-electron chi connectivity index (χ4n) is 2.32. The van der Waals surface area contributed by atoms with Crippen LogP contribution in [-0.2, 0) is 33.2 Å². The number of carbonyl (C=O) groups is 1. The van der Waals surface area contributed by atoms with Crippen molar-refractivity contribution >= 4 is 5.97 Å². The van der Waals surface area contributed by atoms with E-state index < -0.39 is 0 Å². The Morgan fingerprint density at radius 3 is 1.54 bits per heavy atom. The van der Waals surface area contributed by atoms with E-state index in [1.165, 1.54) is 0 Å². The standard InChI is InChI=1S/C20H41NO7/c1-3-5-6-19(4-2)20(22)28-18-17-27-16-15-26-14-13-25-12-11-24-10-9-23-8-7-21/h19H,3-18,21H2,1-2H3. The van der Waals surface area contributed by atoms with Gasteiger partial charge in [-0.2, -0.15) is 0 Å². The van der Waals surface area contributed by atoms with Crippen molar-refractivity contribution in [2.24, 2.45) is 11.7 Å². The molecule has 0 amide bonds. The molecule has 0 spiro atoms. The first-order chi connectivity index (χ1) is 13.8. The van der Waals surface area contributed by atoms with Crippen LogP contribution in [0.15, 0.2) is 0 Å². The first-order valence-corrected chi connectivity index (χ1v) is 10.5. The van der Waals surface area contributed by atoms with Crippen molar-refractivity contribution in [3.8, 4) is 0 Å². The molecular formula is C20H41NO7. The average molecular weight is 408 g/mol. The highest BCUT2D eigenvalue weighted by Gasteiger charge is 2.16. The summed E-state index contributed by atoms with van der Waals surface area (Å²) in [5.41, 5.74) is 5.30. The van der Waals surface area contributed by atoms with Gasteiger partial charge in [-0.3, -0.25) is 4.79 Å². The second kappa shape index (κ2) is 22.5. The molecule has 28 heavy (non-hydrogen) atoms. The van der Waals surface area contributed by atoms with Gasteiger partial charge in [0.25, 0.3) is 0 Å². The number of hydrogen-bond acceptors (Lipinski definition) is 8. The van der Waals surface area contributed by atoms with Gasteiger partial charge in [0.15, 0.2) is 0 Å². The predicted molar refractivity (Wildman–Crippen MR) is 107 cm³/mol. The van der Waals surface area contributed by atoms with Crippen LogP contribution in [-0.4, -0.2) is 85.2 Å². The SMILES string of the molecule is CCCCC(CC)C(=O)OCCOCCOCCOCCOCCOCCN. The zero-order valence-electron chi connectivity index (χ0n) is 17.8. The van der Waals surface area contributed by atoms with Gasteiger partial charge in [-0.05, 0) is 12.8 Å². The van der Waals surface area contributed by atoms with Gasteiger partial charge in [0.05, 0.1) is 72.0 Å². The fraction of sp³-hybridized carbons (Fsp3) is 0.950. The summed E-state index contributed by atoms with van der Waals surface area (Å²) in [6, 6.07) is 0. The van der Waals surface area contributed by atoms with Gasteiger partial charge in [0.2, 0.25) is 0 Å². The Morgan fingerprint density at radius 2 is 1.14 bits per heavy atom. The number of rotatable bonds is 22. The molecule has 8 heteroatoms. The molecule has 2 N–H and O–H groups in total. The minimum absolute atomic E-state index is 0.0122. The molecule has 0 rings (SSSR count). The molecule has 8 nitrogen and oxygen atoms in total. The van der Waals surface area contributed by atoms with Gasteiger partial charge in [-0.25, -0.2) is 0 Å². The Balaban J connectivity index is 3.24. The zero-order valence-corrected chi connectivity index (χ0v) is 17.8. The Hall–Kier alpha value is -0.770. The molecular weight excluding hydrogens is 366 g/mol. The van der Waals surface area contributed by atoms with Gasteiger partial charge >= 0.3 is 5.97 Å². The van der Waals surface area contributed by atoms with Crippen LogP contribution in [0.3, 0.4) is 0 Å². The lowest BCUT2D eigenvalue weighted by Crippen LogP contribution is -2.20. The van der Waals surface area contributed by atoms with Crippen LogP contribution in [0.25, 0.3) is 0 Å². The molecule has 0 aliphatic rings. The molecule has 0 saturated carbocycles. The summed E-state index contributed by atoms with van der Waals surface area (Å²) in [4.78, 5) is 11.9. The third-order valence-electron chi connectivity index (χ3n) is 3.95. The normalized spacial score (nSPS) is 12.2. The number of carbonyl (C=O) groups excluding carboxylic acids is 1. The molecule has 1 unspecified atom stereocenters. The minimum atomic E-state index is -0.111. The molecule has 0 bridgehead atoms. The monoisotopic (exact) mass is 407 g/mol. The van der Waals surface area contributed by atoms with Crippen LogP contribution >= 0.6 is 0 Å². The Bertz CT molecular complexity index is 332. The maximum absolute atomic E-state index is 11.9. The molecule has 1 atom stereocenters. The quantitative estimate of drug-likeness (QED) is 0.214. The summed E-state index contributed by atoms with van der Waals surface area (Å²) < 4.78 is 32.0. The van der Waals surface area contributed by atoms with Crippen LogP contribution in [0.2, 0.25) is 0 Å². The summed E-state index contributed by atoms with van der Waals surface area (Å²) >= 11 is 0. The van der Waals surface area contributed by atoms with Crippen LogP contribution in [0.1, 0.15) is 39.5 Å². The lowest BCUT2D eigenvalue weighted by molar-refractivity contribution is -0.150. The van der Waals surface area contributed by atoms with E-state index in [1.54, 1.807) is 0 Å². The predicted octanol–water partition coefficient (Wildman–Crippen LogP) is 1.79.